The number of nitrogens with zero attached hydrogens (tertiary/aromatic N) is 3. The van der Waals surface area contributed by atoms with Gasteiger partial charge in [0.2, 0.25) is 0 Å². The van der Waals surface area contributed by atoms with Crippen LogP contribution in [-0.4, -0.2) is 38.9 Å². The number of carbonyl (C=O) groups is 2. The molecule has 92 valence electrons. The maximum Gasteiger partial charge on any atom is 0.404 e. The molecule has 17 heavy (non-hydrogen) atoms. The van der Waals surface area contributed by atoms with Gasteiger partial charge in [0.25, 0.3) is 0 Å². The van der Waals surface area contributed by atoms with Gasteiger partial charge in [-0.25, -0.2) is 9.59 Å². The molecule has 1 aromatic rings. The lowest BCUT2D eigenvalue weighted by molar-refractivity contribution is -0.390. The van der Waals surface area contributed by atoms with Crippen molar-refractivity contribution < 1.29 is 24.4 Å². The predicted octanol–water partition coefficient (Wildman–Crippen LogP) is 0.223. The first kappa shape index (κ1) is 12.6. The maximum atomic E-state index is 11.2. The average molecular weight is 243 g/mol. The highest BCUT2D eigenvalue weighted by atomic mass is 16.6. The third kappa shape index (κ3) is 2.38. The summed E-state index contributed by atoms with van der Waals surface area (Å²) < 4.78 is 5.16. The number of aliphatic carboxylic acids is 1. The lowest BCUT2D eigenvalue weighted by atomic mass is 10.3. The van der Waals surface area contributed by atoms with E-state index in [0.29, 0.717) is 0 Å². The minimum absolute atomic E-state index is 0.384. The van der Waals surface area contributed by atoms with Crippen LogP contribution in [0.25, 0.3) is 0 Å². The van der Waals surface area contributed by atoms with Crippen molar-refractivity contribution in [2.24, 2.45) is 0 Å². The lowest BCUT2D eigenvalue weighted by Gasteiger charge is -2.00. The number of nitro groups is 1. The van der Waals surface area contributed by atoms with Crippen LogP contribution in [0.3, 0.4) is 0 Å². The molecule has 0 aromatic carbocycles. The summed E-state index contributed by atoms with van der Waals surface area (Å²) in [5.74, 6) is -2.90. The minimum Gasteiger partial charge on any atom is -0.480 e. The summed E-state index contributed by atoms with van der Waals surface area (Å²) >= 11 is 0. The molecule has 0 bridgehead atoms. The number of methoxy groups -OCH3 is 1. The van der Waals surface area contributed by atoms with Gasteiger partial charge in [-0.05, 0) is 11.8 Å². The van der Waals surface area contributed by atoms with Gasteiger partial charge in [0.1, 0.15) is 0 Å². The zero-order valence-corrected chi connectivity index (χ0v) is 8.98. The van der Waals surface area contributed by atoms with Gasteiger partial charge in [0, 0.05) is 0 Å². The highest BCUT2D eigenvalue weighted by Gasteiger charge is 2.30. The van der Waals surface area contributed by atoms with Gasteiger partial charge in [-0.2, -0.15) is 4.68 Å². The summed E-state index contributed by atoms with van der Waals surface area (Å²) in [5.41, 5.74) is -0.384. The molecular formula is C8H9N3O6. The number of carboxylic acids is 1. The molecule has 1 aromatic heterocycles. The zero-order valence-electron chi connectivity index (χ0n) is 8.98. The molecule has 1 rings (SSSR count). The first-order chi connectivity index (χ1) is 7.88. The van der Waals surface area contributed by atoms with Crippen molar-refractivity contribution in [2.45, 2.75) is 13.0 Å². The molecule has 0 unspecified atom stereocenters. The molecule has 0 aliphatic heterocycles. The van der Waals surface area contributed by atoms with Gasteiger partial charge >= 0.3 is 17.8 Å². The molecule has 9 heteroatoms. The molecule has 1 heterocycles. The van der Waals surface area contributed by atoms with E-state index in [9.17, 15) is 19.7 Å². The van der Waals surface area contributed by atoms with Crippen molar-refractivity contribution in [3.63, 3.8) is 0 Å². The Hall–Kier alpha value is -2.45. The lowest BCUT2D eigenvalue weighted by Crippen LogP contribution is -2.16. The summed E-state index contributed by atoms with van der Waals surface area (Å²) in [6.45, 7) is 1.28. The fraction of sp³-hybridized carbons (Fsp3) is 0.375. The Morgan fingerprint density at radius 3 is 2.65 bits per heavy atom. The van der Waals surface area contributed by atoms with E-state index in [4.69, 9.17) is 5.11 Å². The molecule has 0 aliphatic carbocycles. The molecule has 0 saturated carbocycles. The largest absolute Gasteiger partial charge is 0.480 e. The van der Waals surface area contributed by atoms with Crippen molar-refractivity contribution in [3.05, 3.63) is 21.9 Å². The smallest absolute Gasteiger partial charge is 0.404 e. The van der Waals surface area contributed by atoms with E-state index >= 15 is 0 Å². The first-order valence-electron chi connectivity index (χ1n) is 4.43. The first-order valence-corrected chi connectivity index (χ1v) is 4.43. The van der Waals surface area contributed by atoms with Crippen LogP contribution in [0.4, 0.5) is 5.82 Å². The monoisotopic (exact) mass is 243 g/mol. The van der Waals surface area contributed by atoms with Crippen molar-refractivity contribution in [1.82, 2.24) is 9.78 Å². The highest BCUT2D eigenvalue weighted by molar-refractivity contribution is 5.92. The zero-order chi connectivity index (χ0) is 13.2. The van der Waals surface area contributed by atoms with Gasteiger partial charge in [0.15, 0.2) is 11.6 Å². The molecule has 0 saturated heterocycles. The Balaban J connectivity index is 3.26. The van der Waals surface area contributed by atoms with Gasteiger partial charge < -0.3 is 20.0 Å². The summed E-state index contributed by atoms with van der Waals surface area (Å²) in [5, 5.41) is 22.8. The fourth-order valence-corrected chi connectivity index (χ4v) is 1.08. The normalized spacial score (nSPS) is 11.9. The van der Waals surface area contributed by atoms with Gasteiger partial charge in [0.05, 0.1) is 18.4 Å². The van der Waals surface area contributed by atoms with E-state index in [2.05, 4.69) is 9.84 Å². The number of ether oxygens (including phenoxy) is 1. The number of hydrogen-bond donors (Lipinski definition) is 1. The van der Waals surface area contributed by atoms with Crippen molar-refractivity contribution in [1.29, 1.82) is 0 Å². The molecule has 0 amide bonds. The van der Waals surface area contributed by atoms with Gasteiger partial charge in [-0.1, -0.05) is 0 Å². The Bertz CT molecular complexity index is 480. The van der Waals surface area contributed by atoms with Crippen molar-refractivity contribution >= 4 is 17.8 Å². The van der Waals surface area contributed by atoms with Crippen molar-refractivity contribution in [3.8, 4) is 0 Å². The van der Waals surface area contributed by atoms with Crippen LogP contribution in [-0.2, 0) is 9.53 Å². The highest BCUT2D eigenvalue weighted by Crippen LogP contribution is 2.19. The van der Waals surface area contributed by atoms with E-state index in [-0.39, 0.29) is 5.56 Å². The van der Waals surface area contributed by atoms with Crippen LogP contribution < -0.4 is 0 Å². The van der Waals surface area contributed by atoms with E-state index in [1.54, 1.807) is 0 Å². The van der Waals surface area contributed by atoms with Crippen LogP contribution in [0.15, 0.2) is 6.20 Å². The fourth-order valence-electron chi connectivity index (χ4n) is 1.08. The Labute approximate surface area is 94.7 Å². The second kappa shape index (κ2) is 4.60. The van der Waals surface area contributed by atoms with Crippen LogP contribution in [0.5, 0.6) is 0 Å². The summed E-state index contributed by atoms with van der Waals surface area (Å²) in [7, 11) is 1.06. The Kier molecular flexibility index (Phi) is 3.41. The maximum absolute atomic E-state index is 11.2. The standard InChI is InChI=1S/C8H9N3O6/c1-4(7(12)13)10-3-5(8(14)17-2)6(9-10)11(15)16/h3-4H,1-2H3,(H,12,13)/t4-/m1/s1. The van der Waals surface area contributed by atoms with Crippen molar-refractivity contribution in [2.75, 3.05) is 7.11 Å². The second-order valence-corrected chi connectivity index (χ2v) is 3.11. The summed E-state index contributed by atoms with van der Waals surface area (Å²) in [6, 6.07) is -1.12. The SMILES string of the molecule is COC(=O)c1cn([C@H](C)C(=O)O)nc1[N+](=O)[O-]. The van der Waals surface area contributed by atoms with E-state index in [1.165, 1.54) is 6.92 Å². The van der Waals surface area contributed by atoms with E-state index in [0.717, 1.165) is 18.0 Å². The molecule has 0 spiro atoms. The van der Waals surface area contributed by atoms with Gasteiger partial charge in [-0.3, -0.25) is 0 Å². The topological polar surface area (TPSA) is 125 Å². The average Bonchev–Trinajstić information content (AvgIpc) is 2.71. The second-order valence-electron chi connectivity index (χ2n) is 3.11. The number of carboxylic acid groups (broad SMARTS) is 1. The van der Waals surface area contributed by atoms with E-state index in [1.807, 2.05) is 0 Å². The molecule has 0 aliphatic rings. The van der Waals surface area contributed by atoms with Gasteiger partial charge in [-0.15, -0.1) is 0 Å². The quantitative estimate of drug-likeness (QED) is 0.455. The molecule has 0 fully saturated rings. The number of hydrogen-bond acceptors (Lipinski definition) is 6. The molecule has 0 radical (unpaired) electrons. The number of esters is 1. The number of carbonyl (C=O) groups excluding carboxylic acids is 1. The third-order valence-corrected chi connectivity index (χ3v) is 2.04. The number of rotatable bonds is 4. The summed E-state index contributed by atoms with van der Waals surface area (Å²) in [6.07, 6.45) is 0.975. The Morgan fingerprint density at radius 1 is 1.65 bits per heavy atom. The molecule has 1 N–H and O–H groups in total. The van der Waals surface area contributed by atoms with E-state index < -0.39 is 28.7 Å². The third-order valence-electron chi connectivity index (χ3n) is 2.04. The van der Waals surface area contributed by atoms with Crippen LogP contribution in [0, 0.1) is 10.1 Å². The van der Waals surface area contributed by atoms with Crippen LogP contribution in [0.1, 0.15) is 23.3 Å². The molecule has 1 atom stereocenters. The molecule has 9 nitrogen and oxygen atoms in total. The molecular weight excluding hydrogens is 234 g/mol. The Morgan fingerprint density at radius 2 is 2.24 bits per heavy atom. The predicted molar refractivity (Wildman–Crippen MR) is 52.6 cm³/mol. The number of aromatic nitrogens is 2. The minimum atomic E-state index is -1.22. The van der Waals surface area contributed by atoms with Crippen LogP contribution >= 0.6 is 0 Å². The van der Waals surface area contributed by atoms with Crippen LogP contribution in [0.2, 0.25) is 0 Å². The summed E-state index contributed by atoms with van der Waals surface area (Å²) in [4.78, 5) is 31.6.